The van der Waals surface area contributed by atoms with Crippen LogP contribution in [0.4, 0.5) is 0 Å². The SMILES string of the molecule is CC(C)c1noc2c1C(NC1CC1)CC2. The third kappa shape index (κ3) is 1.59. The van der Waals surface area contributed by atoms with E-state index in [1.165, 1.54) is 30.5 Å². The quantitative estimate of drug-likeness (QED) is 0.825. The molecule has 82 valence electrons. The molecule has 1 heterocycles. The second-order valence-electron chi connectivity index (χ2n) is 5.09. The fraction of sp³-hybridized carbons (Fsp3) is 0.750. The lowest BCUT2D eigenvalue weighted by Crippen LogP contribution is -2.22. The number of hydrogen-bond acceptors (Lipinski definition) is 3. The number of aromatic nitrogens is 1. The van der Waals surface area contributed by atoms with Crippen molar-refractivity contribution in [2.24, 2.45) is 0 Å². The standard InChI is InChI=1S/C12H18N2O/c1-7(2)12-11-9(13-8-3-4-8)5-6-10(11)15-14-12/h7-9,13H,3-6H2,1-2H3. The molecule has 1 atom stereocenters. The van der Waals surface area contributed by atoms with Gasteiger partial charge in [-0.1, -0.05) is 19.0 Å². The second kappa shape index (κ2) is 3.34. The van der Waals surface area contributed by atoms with Crippen molar-refractivity contribution >= 4 is 0 Å². The molecular formula is C12H18N2O. The summed E-state index contributed by atoms with van der Waals surface area (Å²) in [6.07, 6.45) is 4.93. The molecule has 1 aromatic rings. The van der Waals surface area contributed by atoms with Gasteiger partial charge in [0, 0.05) is 24.1 Å². The molecule has 3 rings (SSSR count). The predicted molar refractivity (Wildman–Crippen MR) is 57.8 cm³/mol. The minimum absolute atomic E-state index is 0.471. The van der Waals surface area contributed by atoms with Gasteiger partial charge in [-0.2, -0.15) is 0 Å². The Bertz CT molecular complexity index is 366. The lowest BCUT2D eigenvalue weighted by atomic mass is 10.0. The molecule has 0 saturated heterocycles. The van der Waals surface area contributed by atoms with Crippen molar-refractivity contribution in [3.8, 4) is 0 Å². The van der Waals surface area contributed by atoms with Crippen LogP contribution in [0.2, 0.25) is 0 Å². The van der Waals surface area contributed by atoms with Crippen LogP contribution in [-0.2, 0) is 6.42 Å². The number of rotatable bonds is 3. The molecule has 3 nitrogen and oxygen atoms in total. The van der Waals surface area contributed by atoms with Crippen LogP contribution < -0.4 is 5.32 Å². The zero-order valence-corrected chi connectivity index (χ0v) is 9.42. The minimum Gasteiger partial charge on any atom is -0.361 e. The molecule has 2 aliphatic rings. The van der Waals surface area contributed by atoms with Crippen LogP contribution in [0.3, 0.4) is 0 Å². The Morgan fingerprint density at radius 3 is 2.80 bits per heavy atom. The summed E-state index contributed by atoms with van der Waals surface area (Å²) in [6.45, 7) is 4.37. The Labute approximate surface area is 90.2 Å². The van der Waals surface area contributed by atoms with Gasteiger partial charge in [-0.3, -0.25) is 0 Å². The van der Waals surface area contributed by atoms with Crippen LogP contribution in [0.5, 0.6) is 0 Å². The molecule has 0 aliphatic heterocycles. The first-order valence-corrected chi connectivity index (χ1v) is 6.00. The summed E-state index contributed by atoms with van der Waals surface area (Å²) in [6, 6.07) is 1.27. The summed E-state index contributed by atoms with van der Waals surface area (Å²) >= 11 is 0. The van der Waals surface area contributed by atoms with Crippen LogP contribution in [0, 0.1) is 0 Å². The number of aryl methyl sites for hydroxylation is 1. The molecule has 0 spiro atoms. The smallest absolute Gasteiger partial charge is 0.141 e. The van der Waals surface area contributed by atoms with Gasteiger partial charge in [-0.25, -0.2) is 0 Å². The topological polar surface area (TPSA) is 38.1 Å². The highest BCUT2D eigenvalue weighted by Crippen LogP contribution is 2.38. The average molecular weight is 206 g/mol. The number of hydrogen-bond donors (Lipinski definition) is 1. The van der Waals surface area contributed by atoms with E-state index in [4.69, 9.17) is 4.52 Å². The maximum Gasteiger partial charge on any atom is 0.141 e. The van der Waals surface area contributed by atoms with Crippen molar-refractivity contribution in [2.75, 3.05) is 0 Å². The lowest BCUT2D eigenvalue weighted by Gasteiger charge is -2.13. The summed E-state index contributed by atoms with van der Waals surface area (Å²) in [7, 11) is 0. The molecule has 2 aliphatic carbocycles. The molecule has 1 aromatic heterocycles. The molecule has 0 amide bonds. The molecule has 0 bridgehead atoms. The van der Waals surface area contributed by atoms with Crippen molar-refractivity contribution in [1.29, 1.82) is 0 Å². The first-order chi connectivity index (χ1) is 7.25. The molecule has 1 unspecified atom stereocenters. The summed E-state index contributed by atoms with van der Waals surface area (Å²) in [5.74, 6) is 1.59. The van der Waals surface area contributed by atoms with Gasteiger partial charge in [0.2, 0.25) is 0 Å². The Morgan fingerprint density at radius 1 is 1.33 bits per heavy atom. The van der Waals surface area contributed by atoms with E-state index in [1.807, 2.05) is 0 Å². The Hall–Kier alpha value is -0.830. The van der Waals surface area contributed by atoms with Crippen molar-refractivity contribution in [1.82, 2.24) is 10.5 Å². The highest BCUT2D eigenvalue weighted by Gasteiger charge is 2.34. The molecule has 0 radical (unpaired) electrons. The third-order valence-electron chi connectivity index (χ3n) is 3.40. The second-order valence-corrected chi connectivity index (χ2v) is 5.09. The molecule has 1 N–H and O–H groups in total. The van der Waals surface area contributed by atoms with Gasteiger partial charge in [0.25, 0.3) is 0 Å². The normalized spacial score (nSPS) is 24.9. The zero-order chi connectivity index (χ0) is 10.4. The van der Waals surface area contributed by atoms with Crippen LogP contribution >= 0.6 is 0 Å². The molecule has 1 fully saturated rings. The number of nitrogens with zero attached hydrogens (tertiary/aromatic N) is 1. The predicted octanol–water partition coefficient (Wildman–Crippen LogP) is 2.54. The van der Waals surface area contributed by atoms with E-state index in [1.54, 1.807) is 0 Å². The van der Waals surface area contributed by atoms with Gasteiger partial charge in [-0.05, 0) is 25.2 Å². The van der Waals surface area contributed by atoms with E-state index in [0.717, 1.165) is 18.2 Å². The van der Waals surface area contributed by atoms with Gasteiger partial charge in [0.15, 0.2) is 0 Å². The molecular weight excluding hydrogens is 188 g/mol. The van der Waals surface area contributed by atoms with Gasteiger partial charge in [0.05, 0.1) is 5.69 Å². The molecule has 1 saturated carbocycles. The van der Waals surface area contributed by atoms with Crippen LogP contribution in [0.25, 0.3) is 0 Å². The first-order valence-electron chi connectivity index (χ1n) is 6.00. The van der Waals surface area contributed by atoms with E-state index in [-0.39, 0.29) is 0 Å². The van der Waals surface area contributed by atoms with Crippen LogP contribution in [0.15, 0.2) is 4.52 Å². The largest absolute Gasteiger partial charge is 0.361 e. The van der Waals surface area contributed by atoms with Gasteiger partial charge in [-0.15, -0.1) is 0 Å². The van der Waals surface area contributed by atoms with Crippen molar-refractivity contribution in [2.45, 2.75) is 57.5 Å². The zero-order valence-electron chi connectivity index (χ0n) is 9.42. The maximum atomic E-state index is 5.41. The maximum absolute atomic E-state index is 5.41. The molecule has 3 heteroatoms. The number of fused-ring (bicyclic) bond motifs is 1. The monoisotopic (exact) mass is 206 g/mol. The molecule has 0 aromatic carbocycles. The Balaban J connectivity index is 1.88. The van der Waals surface area contributed by atoms with E-state index in [9.17, 15) is 0 Å². The van der Waals surface area contributed by atoms with E-state index < -0.39 is 0 Å². The summed E-state index contributed by atoms with van der Waals surface area (Å²) in [4.78, 5) is 0. The third-order valence-corrected chi connectivity index (χ3v) is 3.40. The Kier molecular flexibility index (Phi) is 2.09. The minimum atomic E-state index is 0.471. The van der Waals surface area contributed by atoms with E-state index in [2.05, 4.69) is 24.3 Å². The molecule has 15 heavy (non-hydrogen) atoms. The van der Waals surface area contributed by atoms with E-state index >= 15 is 0 Å². The summed E-state index contributed by atoms with van der Waals surface area (Å²) in [5, 5.41) is 7.89. The van der Waals surface area contributed by atoms with Gasteiger partial charge < -0.3 is 9.84 Å². The van der Waals surface area contributed by atoms with Crippen molar-refractivity contribution < 1.29 is 4.52 Å². The van der Waals surface area contributed by atoms with Crippen LogP contribution in [0.1, 0.15) is 62.1 Å². The summed E-state index contributed by atoms with van der Waals surface area (Å²) < 4.78 is 5.41. The van der Waals surface area contributed by atoms with Gasteiger partial charge in [0.1, 0.15) is 5.76 Å². The lowest BCUT2D eigenvalue weighted by molar-refractivity contribution is 0.374. The summed E-state index contributed by atoms with van der Waals surface area (Å²) in [5.41, 5.74) is 2.54. The fourth-order valence-electron chi connectivity index (χ4n) is 2.44. The van der Waals surface area contributed by atoms with Crippen molar-refractivity contribution in [3.05, 3.63) is 17.0 Å². The highest BCUT2D eigenvalue weighted by atomic mass is 16.5. The Morgan fingerprint density at radius 2 is 2.13 bits per heavy atom. The first kappa shape index (κ1) is 9.40. The average Bonchev–Trinajstić information content (AvgIpc) is 2.76. The van der Waals surface area contributed by atoms with Crippen LogP contribution in [-0.4, -0.2) is 11.2 Å². The van der Waals surface area contributed by atoms with Crippen molar-refractivity contribution in [3.63, 3.8) is 0 Å². The highest BCUT2D eigenvalue weighted by molar-refractivity contribution is 5.33. The van der Waals surface area contributed by atoms with E-state index in [0.29, 0.717) is 12.0 Å². The number of nitrogens with one attached hydrogen (secondary N) is 1. The van der Waals surface area contributed by atoms with Gasteiger partial charge >= 0.3 is 0 Å². The fourth-order valence-corrected chi connectivity index (χ4v) is 2.44.